The Kier molecular flexibility index (Phi) is 5.44. The molecule has 3 aromatic rings. The summed E-state index contributed by atoms with van der Waals surface area (Å²) in [7, 11) is 1.70. The molecule has 0 saturated carbocycles. The number of likely N-dealkylation sites (N-methyl/N-ethyl adjacent to an activating group) is 1. The van der Waals surface area contributed by atoms with Crippen molar-refractivity contribution in [3.05, 3.63) is 70.2 Å². The van der Waals surface area contributed by atoms with E-state index in [-0.39, 0.29) is 5.91 Å². The van der Waals surface area contributed by atoms with Crippen LogP contribution in [0.5, 0.6) is 5.75 Å². The first-order valence-electron chi connectivity index (χ1n) is 8.71. The fourth-order valence-electron chi connectivity index (χ4n) is 3.05. The van der Waals surface area contributed by atoms with Crippen molar-refractivity contribution in [1.82, 2.24) is 9.47 Å². The largest absolute Gasteiger partial charge is 0.492 e. The van der Waals surface area contributed by atoms with Crippen molar-refractivity contribution in [2.75, 3.05) is 13.7 Å². The zero-order valence-electron chi connectivity index (χ0n) is 15.1. The summed E-state index contributed by atoms with van der Waals surface area (Å²) in [6.07, 6.45) is 3.97. The molecule has 2 heterocycles. The number of ether oxygens (including phenoxy) is 1. The minimum atomic E-state index is -0.0575. The number of thioether (sulfide) groups is 1. The molecule has 2 aromatic carbocycles. The Balaban J connectivity index is 1.57. The van der Waals surface area contributed by atoms with Gasteiger partial charge in [0, 0.05) is 34.7 Å². The summed E-state index contributed by atoms with van der Waals surface area (Å²) in [5.41, 5.74) is 2.09. The fourth-order valence-corrected chi connectivity index (χ4v) is 4.35. The number of amides is 1. The molecular weight excluding hydrogens is 412 g/mol. The third kappa shape index (κ3) is 3.81. The zero-order valence-corrected chi connectivity index (χ0v) is 17.5. The molecule has 142 valence electrons. The molecule has 1 aromatic heterocycles. The summed E-state index contributed by atoms with van der Waals surface area (Å²) in [4.78, 5) is 14.5. The molecule has 1 amide bonds. The third-order valence-corrected chi connectivity index (χ3v) is 6.24. The second-order valence-corrected chi connectivity index (χ2v) is 8.45. The first-order chi connectivity index (χ1) is 13.5. The Hall–Kier alpha value is -2.28. The predicted molar refractivity (Wildman–Crippen MR) is 120 cm³/mol. The van der Waals surface area contributed by atoms with Crippen LogP contribution in [0.2, 0.25) is 5.02 Å². The summed E-state index contributed by atoms with van der Waals surface area (Å²) >= 11 is 12.5. The monoisotopic (exact) mass is 428 g/mol. The van der Waals surface area contributed by atoms with Crippen molar-refractivity contribution < 1.29 is 9.53 Å². The molecule has 1 saturated heterocycles. The van der Waals surface area contributed by atoms with E-state index < -0.39 is 0 Å². The van der Waals surface area contributed by atoms with Gasteiger partial charge in [0.05, 0.1) is 11.4 Å². The first-order valence-corrected chi connectivity index (χ1v) is 10.3. The molecule has 0 spiro atoms. The first kappa shape index (κ1) is 19.1. The minimum absolute atomic E-state index is 0.0575. The van der Waals surface area contributed by atoms with Gasteiger partial charge in [-0.3, -0.25) is 9.69 Å². The topological polar surface area (TPSA) is 34.5 Å². The van der Waals surface area contributed by atoms with Crippen molar-refractivity contribution in [3.8, 4) is 5.75 Å². The smallest absolute Gasteiger partial charge is 0.265 e. The van der Waals surface area contributed by atoms with Gasteiger partial charge in [0.2, 0.25) is 0 Å². The zero-order chi connectivity index (χ0) is 19.7. The molecule has 0 aliphatic carbocycles. The predicted octanol–water partition coefficient (Wildman–Crippen LogP) is 5.20. The summed E-state index contributed by atoms with van der Waals surface area (Å²) in [6, 6.07) is 15.5. The molecule has 4 nitrogen and oxygen atoms in total. The third-order valence-electron chi connectivity index (χ3n) is 4.51. The van der Waals surface area contributed by atoms with E-state index in [2.05, 4.69) is 22.9 Å². The van der Waals surface area contributed by atoms with Gasteiger partial charge in [-0.15, -0.1) is 0 Å². The van der Waals surface area contributed by atoms with Crippen molar-refractivity contribution in [2.45, 2.75) is 6.54 Å². The van der Waals surface area contributed by atoms with Gasteiger partial charge in [0.15, 0.2) is 0 Å². The highest BCUT2D eigenvalue weighted by atomic mass is 35.5. The van der Waals surface area contributed by atoms with Crippen molar-refractivity contribution in [1.29, 1.82) is 0 Å². The second kappa shape index (κ2) is 7.99. The number of benzene rings is 2. The molecule has 0 unspecified atom stereocenters. The second-order valence-electron chi connectivity index (χ2n) is 6.34. The Bertz CT molecular complexity index is 1090. The van der Waals surface area contributed by atoms with Crippen molar-refractivity contribution in [3.63, 3.8) is 0 Å². The van der Waals surface area contributed by atoms with Crippen molar-refractivity contribution >= 4 is 62.8 Å². The number of hydrogen-bond acceptors (Lipinski definition) is 4. The minimum Gasteiger partial charge on any atom is -0.492 e. The number of hydrogen-bond donors (Lipinski definition) is 0. The molecular formula is C21H17ClN2O2S2. The van der Waals surface area contributed by atoms with E-state index in [0.29, 0.717) is 27.4 Å². The van der Waals surface area contributed by atoms with E-state index in [4.69, 9.17) is 28.6 Å². The average Bonchev–Trinajstić information content (AvgIpc) is 3.16. The summed E-state index contributed by atoms with van der Waals surface area (Å²) in [5, 5.41) is 1.78. The summed E-state index contributed by atoms with van der Waals surface area (Å²) in [5.74, 6) is 0.727. The molecule has 0 radical (unpaired) electrons. The normalized spacial score (nSPS) is 15.8. The van der Waals surface area contributed by atoms with Crippen LogP contribution < -0.4 is 4.74 Å². The molecule has 0 bridgehead atoms. The van der Waals surface area contributed by atoms with Crippen LogP contribution in [-0.2, 0) is 11.3 Å². The van der Waals surface area contributed by atoms with Crippen LogP contribution in [-0.4, -0.2) is 33.3 Å². The molecule has 1 aliphatic rings. The molecule has 4 rings (SSSR count). The Morgan fingerprint density at radius 1 is 1.18 bits per heavy atom. The van der Waals surface area contributed by atoms with Gasteiger partial charge < -0.3 is 9.30 Å². The maximum atomic E-state index is 12.3. The molecule has 0 atom stereocenters. The number of aromatic nitrogens is 1. The molecule has 28 heavy (non-hydrogen) atoms. The van der Waals surface area contributed by atoms with Crippen LogP contribution in [0, 0.1) is 0 Å². The maximum Gasteiger partial charge on any atom is 0.265 e. The van der Waals surface area contributed by atoms with Crippen molar-refractivity contribution in [2.24, 2.45) is 0 Å². The highest BCUT2D eigenvalue weighted by Gasteiger charge is 2.29. The number of carbonyl (C=O) groups excluding carboxylic acids is 1. The Morgan fingerprint density at radius 3 is 2.64 bits per heavy atom. The molecule has 0 N–H and O–H groups in total. The lowest BCUT2D eigenvalue weighted by Crippen LogP contribution is -2.22. The Morgan fingerprint density at radius 2 is 1.93 bits per heavy atom. The number of nitrogens with zero attached hydrogens (tertiary/aromatic N) is 2. The molecule has 7 heteroatoms. The lowest BCUT2D eigenvalue weighted by Gasteiger charge is -2.08. The molecule has 1 fully saturated rings. The van der Waals surface area contributed by atoms with E-state index in [9.17, 15) is 4.79 Å². The number of carbonyl (C=O) groups is 1. The van der Waals surface area contributed by atoms with E-state index in [0.717, 1.165) is 22.2 Å². The Labute approximate surface area is 177 Å². The van der Waals surface area contributed by atoms with Crippen LogP contribution in [0.15, 0.2) is 59.6 Å². The standard InChI is InChI=1S/C21H17ClN2O2S2/c1-23-20(25)19(28-21(23)27)12-14-13-24(18-5-3-2-4-17(14)18)10-11-26-16-8-6-15(22)7-9-16/h2-9,12-13H,10-11H2,1H3/b19-12-. The van der Waals surface area contributed by atoms with Crippen LogP contribution >= 0.6 is 35.6 Å². The number of thiocarbonyl (C=S) groups is 1. The lowest BCUT2D eigenvalue weighted by atomic mass is 10.1. The van der Waals surface area contributed by atoms with Gasteiger partial charge in [-0.1, -0.05) is 53.8 Å². The van der Waals surface area contributed by atoms with E-state index >= 15 is 0 Å². The van der Waals surface area contributed by atoms with Gasteiger partial charge in [-0.05, 0) is 36.4 Å². The van der Waals surface area contributed by atoms with E-state index in [1.807, 2.05) is 42.5 Å². The summed E-state index contributed by atoms with van der Waals surface area (Å²) in [6.45, 7) is 1.21. The average molecular weight is 429 g/mol. The SMILES string of the molecule is CN1C(=O)/C(=C/c2cn(CCOc3ccc(Cl)cc3)c3ccccc23)SC1=S. The number of para-hydroxylation sites is 1. The van der Waals surface area contributed by atoms with Crippen LogP contribution in [0.3, 0.4) is 0 Å². The van der Waals surface area contributed by atoms with Crippen LogP contribution in [0.4, 0.5) is 0 Å². The van der Waals surface area contributed by atoms with Crippen LogP contribution in [0.25, 0.3) is 17.0 Å². The summed E-state index contributed by atoms with van der Waals surface area (Å²) < 4.78 is 8.55. The maximum absolute atomic E-state index is 12.3. The fraction of sp³-hybridized carbons (Fsp3) is 0.143. The number of rotatable bonds is 5. The van der Waals surface area contributed by atoms with Gasteiger partial charge in [0.1, 0.15) is 16.7 Å². The van der Waals surface area contributed by atoms with Gasteiger partial charge in [-0.2, -0.15) is 0 Å². The van der Waals surface area contributed by atoms with Gasteiger partial charge in [0.25, 0.3) is 5.91 Å². The van der Waals surface area contributed by atoms with E-state index in [1.165, 1.54) is 16.7 Å². The lowest BCUT2D eigenvalue weighted by molar-refractivity contribution is -0.121. The van der Waals surface area contributed by atoms with Crippen LogP contribution in [0.1, 0.15) is 5.56 Å². The molecule has 1 aliphatic heterocycles. The van der Waals surface area contributed by atoms with E-state index in [1.54, 1.807) is 7.05 Å². The highest BCUT2D eigenvalue weighted by molar-refractivity contribution is 8.26. The number of fused-ring (bicyclic) bond motifs is 1. The van der Waals surface area contributed by atoms with Gasteiger partial charge >= 0.3 is 0 Å². The van der Waals surface area contributed by atoms with Gasteiger partial charge in [-0.25, -0.2) is 0 Å². The quantitative estimate of drug-likeness (QED) is 0.413. The number of halogens is 1. The highest BCUT2D eigenvalue weighted by Crippen LogP contribution is 2.33.